The number of esters is 1. The van der Waals surface area contributed by atoms with Gasteiger partial charge in [0.05, 0.1) is 27.8 Å². The molecule has 0 aliphatic carbocycles. The number of imide groups is 1. The smallest absolute Gasteiger partial charge is 0.338 e. The van der Waals surface area contributed by atoms with E-state index in [1.165, 1.54) is 42.5 Å². The van der Waals surface area contributed by atoms with Crippen molar-refractivity contribution in [1.29, 1.82) is 0 Å². The van der Waals surface area contributed by atoms with Crippen LogP contribution in [0.3, 0.4) is 0 Å². The molecule has 0 unspecified atom stereocenters. The quantitative estimate of drug-likeness (QED) is 0.362. The molecule has 0 atom stereocenters. The lowest BCUT2D eigenvalue weighted by Gasteiger charge is -2.14. The summed E-state index contributed by atoms with van der Waals surface area (Å²) in [5.41, 5.74) is -0.185. The summed E-state index contributed by atoms with van der Waals surface area (Å²) in [5, 5.41) is 11.1. The van der Waals surface area contributed by atoms with E-state index in [0.29, 0.717) is 0 Å². The molecule has 26 heavy (non-hydrogen) atoms. The molecule has 8 heteroatoms. The minimum Gasteiger partial charge on any atom is -0.459 e. The molecular formula is C18H14N2O6. The van der Waals surface area contributed by atoms with Gasteiger partial charge in [-0.2, -0.15) is 0 Å². The first kappa shape index (κ1) is 17.3. The van der Waals surface area contributed by atoms with Crippen molar-refractivity contribution in [3.8, 4) is 0 Å². The molecule has 0 radical (unpaired) electrons. The van der Waals surface area contributed by atoms with Crippen LogP contribution in [0.5, 0.6) is 0 Å². The van der Waals surface area contributed by atoms with Gasteiger partial charge in [-0.15, -0.1) is 0 Å². The summed E-state index contributed by atoms with van der Waals surface area (Å²) in [4.78, 5) is 48.3. The Kier molecular flexibility index (Phi) is 4.25. The molecule has 3 rings (SSSR count). The fourth-order valence-electron chi connectivity index (χ4n) is 2.68. The largest absolute Gasteiger partial charge is 0.459 e. The summed E-state index contributed by atoms with van der Waals surface area (Å²) in [6.07, 6.45) is -0.279. The molecule has 0 spiro atoms. The van der Waals surface area contributed by atoms with Crippen LogP contribution in [-0.2, 0) is 4.74 Å². The Morgan fingerprint density at radius 1 is 1.08 bits per heavy atom. The molecule has 0 saturated heterocycles. The van der Waals surface area contributed by atoms with Gasteiger partial charge in [0.2, 0.25) is 0 Å². The Bertz CT molecular complexity index is 933. The number of rotatable bonds is 4. The molecule has 0 N–H and O–H groups in total. The highest BCUT2D eigenvalue weighted by Crippen LogP contribution is 2.33. The zero-order valence-corrected chi connectivity index (χ0v) is 14.0. The number of hydrogen-bond acceptors (Lipinski definition) is 6. The second-order valence-electron chi connectivity index (χ2n) is 5.90. The second-order valence-corrected chi connectivity index (χ2v) is 5.90. The van der Waals surface area contributed by atoms with Gasteiger partial charge >= 0.3 is 5.97 Å². The maximum Gasteiger partial charge on any atom is 0.338 e. The molecule has 0 bridgehead atoms. The fourth-order valence-corrected chi connectivity index (χ4v) is 2.68. The van der Waals surface area contributed by atoms with Crippen LogP contribution in [0, 0.1) is 10.1 Å². The molecule has 2 aromatic rings. The number of benzene rings is 2. The zero-order chi connectivity index (χ0) is 19.0. The van der Waals surface area contributed by atoms with E-state index in [2.05, 4.69) is 0 Å². The van der Waals surface area contributed by atoms with Gasteiger partial charge in [0.25, 0.3) is 17.5 Å². The molecule has 1 aliphatic heterocycles. The van der Waals surface area contributed by atoms with E-state index in [-0.39, 0.29) is 28.5 Å². The Morgan fingerprint density at radius 2 is 1.73 bits per heavy atom. The minimum absolute atomic E-state index is 0.0208. The van der Waals surface area contributed by atoms with Gasteiger partial charge in [0.1, 0.15) is 5.56 Å². The summed E-state index contributed by atoms with van der Waals surface area (Å²) in [6.45, 7) is 3.44. The Balaban J connectivity index is 1.95. The van der Waals surface area contributed by atoms with Gasteiger partial charge in [-0.05, 0) is 44.2 Å². The van der Waals surface area contributed by atoms with Crippen LogP contribution in [0.25, 0.3) is 0 Å². The van der Waals surface area contributed by atoms with Crippen LogP contribution in [0.2, 0.25) is 0 Å². The third-order valence-corrected chi connectivity index (χ3v) is 3.79. The van der Waals surface area contributed by atoms with Crippen molar-refractivity contribution in [3.05, 3.63) is 69.3 Å². The highest BCUT2D eigenvalue weighted by atomic mass is 16.6. The molecule has 0 fully saturated rings. The molecular weight excluding hydrogens is 340 g/mol. The van der Waals surface area contributed by atoms with Crippen LogP contribution in [0.4, 0.5) is 11.4 Å². The van der Waals surface area contributed by atoms with Crippen LogP contribution in [-0.4, -0.2) is 28.8 Å². The lowest BCUT2D eigenvalue weighted by atomic mass is 10.1. The van der Waals surface area contributed by atoms with Gasteiger partial charge in [0, 0.05) is 6.07 Å². The maximum atomic E-state index is 12.6. The van der Waals surface area contributed by atoms with Gasteiger partial charge in [-0.1, -0.05) is 6.07 Å². The molecule has 132 valence electrons. The van der Waals surface area contributed by atoms with Crippen LogP contribution < -0.4 is 4.90 Å². The van der Waals surface area contributed by atoms with Crippen molar-refractivity contribution < 1.29 is 24.0 Å². The van der Waals surface area contributed by atoms with E-state index in [0.717, 1.165) is 4.90 Å². The van der Waals surface area contributed by atoms with Gasteiger partial charge in [0.15, 0.2) is 0 Å². The molecule has 2 aromatic carbocycles. The first-order chi connectivity index (χ1) is 12.3. The molecule has 8 nitrogen and oxygen atoms in total. The molecule has 0 saturated carbocycles. The second kappa shape index (κ2) is 6.40. The Hall–Kier alpha value is -3.55. The average molecular weight is 354 g/mol. The molecule has 1 aliphatic rings. The maximum absolute atomic E-state index is 12.6. The first-order valence-electron chi connectivity index (χ1n) is 7.78. The van der Waals surface area contributed by atoms with Crippen LogP contribution in [0.15, 0.2) is 42.5 Å². The predicted molar refractivity (Wildman–Crippen MR) is 91.2 cm³/mol. The third-order valence-electron chi connectivity index (χ3n) is 3.79. The molecule has 0 aromatic heterocycles. The molecule has 1 heterocycles. The summed E-state index contributed by atoms with van der Waals surface area (Å²) in [6, 6.07) is 9.61. The van der Waals surface area contributed by atoms with E-state index in [9.17, 15) is 24.5 Å². The van der Waals surface area contributed by atoms with Crippen molar-refractivity contribution >= 4 is 29.2 Å². The highest BCUT2D eigenvalue weighted by molar-refractivity contribution is 6.35. The van der Waals surface area contributed by atoms with E-state index in [4.69, 9.17) is 4.74 Å². The lowest BCUT2D eigenvalue weighted by molar-refractivity contribution is -0.385. The van der Waals surface area contributed by atoms with E-state index in [1.54, 1.807) is 13.8 Å². The number of nitro groups is 1. The van der Waals surface area contributed by atoms with Gasteiger partial charge < -0.3 is 4.74 Å². The number of amides is 2. The number of carbonyl (C=O) groups is 3. The van der Waals surface area contributed by atoms with Crippen LogP contribution in [0.1, 0.15) is 44.9 Å². The number of carbonyl (C=O) groups excluding carboxylic acids is 3. The van der Waals surface area contributed by atoms with Gasteiger partial charge in [-0.3, -0.25) is 19.7 Å². The summed E-state index contributed by atoms with van der Waals surface area (Å²) >= 11 is 0. The van der Waals surface area contributed by atoms with Crippen molar-refractivity contribution in [3.63, 3.8) is 0 Å². The molecule has 2 amide bonds. The highest BCUT2D eigenvalue weighted by Gasteiger charge is 2.41. The summed E-state index contributed by atoms with van der Waals surface area (Å²) in [7, 11) is 0. The summed E-state index contributed by atoms with van der Waals surface area (Å²) < 4.78 is 5.08. The standard InChI is InChI=1S/C18H14N2O6/c1-10(2)26-18(23)11-6-8-12(9-7-11)19-16(21)13-4-3-5-14(20(24)25)15(13)17(19)22/h3-10H,1-2H3. The topological polar surface area (TPSA) is 107 Å². The number of nitro benzene ring substituents is 1. The number of hydrogen-bond donors (Lipinski definition) is 0. The van der Waals surface area contributed by atoms with E-state index >= 15 is 0 Å². The van der Waals surface area contributed by atoms with E-state index in [1.807, 2.05) is 0 Å². The predicted octanol–water partition coefficient (Wildman–Crippen LogP) is 2.96. The number of anilines is 1. The number of nitrogens with zero attached hydrogens (tertiary/aromatic N) is 2. The first-order valence-corrected chi connectivity index (χ1v) is 7.78. The van der Waals surface area contributed by atoms with Crippen LogP contribution >= 0.6 is 0 Å². The fraction of sp³-hybridized carbons (Fsp3) is 0.167. The van der Waals surface area contributed by atoms with Crippen molar-refractivity contribution in [2.24, 2.45) is 0 Å². The monoisotopic (exact) mass is 354 g/mol. The SMILES string of the molecule is CC(C)OC(=O)c1ccc(N2C(=O)c3cccc([N+](=O)[O-])c3C2=O)cc1. The minimum atomic E-state index is -0.769. The zero-order valence-electron chi connectivity index (χ0n) is 14.0. The Morgan fingerprint density at radius 3 is 2.31 bits per heavy atom. The number of ether oxygens (including phenoxy) is 1. The number of fused-ring (bicyclic) bond motifs is 1. The lowest BCUT2D eigenvalue weighted by Crippen LogP contribution is -2.29. The normalized spacial score (nSPS) is 13.1. The van der Waals surface area contributed by atoms with Crippen molar-refractivity contribution in [1.82, 2.24) is 0 Å². The van der Waals surface area contributed by atoms with Crippen molar-refractivity contribution in [2.75, 3.05) is 4.90 Å². The third kappa shape index (κ3) is 2.81. The Labute approximate surface area is 148 Å². The van der Waals surface area contributed by atoms with Gasteiger partial charge in [-0.25, -0.2) is 9.69 Å². The summed E-state index contributed by atoms with van der Waals surface area (Å²) in [5.74, 6) is -1.94. The average Bonchev–Trinajstić information content (AvgIpc) is 2.85. The van der Waals surface area contributed by atoms with Crippen molar-refractivity contribution in [2.45, 2.75) is 20.0 Å². The van der Waals surface area contributed by atoms with E-state index < -0.39 is 28.4 Å².